The summed E-state index contributed by atoms with van der Waals surface area (Å²) in [7, 11) is -3.18. The summed E-state index contributed by atoms with van der Waals surface area (Å²) < 4.78 is 26.4. The molecular formula is C15H24ClN3O2S. The molecule has 1 saturated heterocycles. The van der Waals surface area contributed by atoms with Gasteiger partial charge < -0.3 is 0 Å². The standard InChI is InChI=1S/C15H24ClN3O2S/c1-12(2)22(20,21)17-9-13-5-4-8-19(10-13)11-14-6-3-7-15(16)18-14/h3,6-7,12-13,17H,4-5,8-11H2,1-2H3/t13-/m0/s1. The SMILES string of the molecule is CC(C)S(=O)(=O)NC[C@@H]1CCCN(Cc2cccc(Cl)n2)C1. The molecule has 2 rings (SSSR count). The van der Waals surface area contributed by atoms with Crippen LogP contribution in [0.5, 0.6) is 0 Å². The first kappa shape index (κ1) is 17.7. The number of likely N-dealkylation sites (tertiary alicyclic amines) is 1. The summed E-state index contributed by atoms with van der Waals surface area (Å²) >= 11 is 5.91. The third-order valence-corrected chi connectivity index (χ3v) is 5.98. The zero-order chi connectivity index (χ0) is 16.2. The maximum atomic E-state index is 11.8. The molecule has 7 heteroatoms. The number of hydrogen-bond donors (Lipinski definition) is 1. The number of pyridine rings is 1. The van der Waals surface area contributed by atoms with Gasteiger partial charge in [-0.05, 0) is 51.3 Å². The summed E-state index contributed by atoms with van der Waals surface area (Å²) in [4.78, 5) is 6.63. The predicted octanol–water partition coefficient (Wildman–Crippen LogP) is 2.27. The molecule has 0 aliphatic carbocycles. The van der Waals surface area contributed by atoms with Gasteiger partial charge in [0.2, 0.25) is 10.0 Å². The molecule has 0 saturated carbocycles. The van der Waals surface area contributed by atoms with Gasteiger partial charge >= 0.3 is 0 Å². The van der Waals surface area contributed by atoms with E-state index in [0.29, 0.717) is 17.6 Å². The maximum Gasteiger partial charge on any atom is 0.213 e. The van der Waals surface area contributed by atoms with Gasteiger partial charge in [-0.1, -0.05) is 17.7 Å². The molecule has 0 aromatic carbocycles. The van der Waals surface area contributed by atoms with Crippen LogP contribution in [0.15, 0.2) is 18.2 Å². The quantitative estimate of drug-likeness (QED) is 0.803. The second-order valence-electron chi connectivity index (χ2n) is 6.14. The maximum absolute atomic E-state index is 11.8. The molecule has 22 heavy (non-hydrogen) atoms. The Balaban J connectivity index is 1.87. The lowest BCUT2D eigenvalue weighted by Gasteiger charge is -2.32. The predicted molar refractivity (Wildman–Crippen MR) is 89.3 cm³/mol. The van der Waals surface area contributed by atoms with Crippen LogP contribution in [0.4, 0.5) is 0 Å². The second-order valence-corrected chi connectivity index (χ2v) is 8.85. The molecule has 1 N–H and O–H groups in total. The number of aromatic nitrogens is 1. The third-order valence-electron chi connectivity index (χ3n) is 3.96. The summed E-state index contributed by atoms with van der Waals surface area (Å²) in [5.41, 5.74) is 0.955. The molecule has 0 unspecified atom stereocenters. The Morgan fingerprint density at radius 2 is 2.23 bits per heavy atom. The van der Waals surface area contributed by atoms with Crippen LogP contribution in [-0.4, -0.2) is 43.2 Å². The molecule has 1 fully saturated rings. The van der Waals surface area contributed by atoms with Gasteiger partial charge in [-0.25, -0.2) is 18.1 Å². The average Bonchev–Trinajstić information content (AvgIpc) is 2.45. The lowest BCUT2D eigenvalue weighted by Crippen LogP contribution is -2.42. The molecule has 0 bridgehead atoms. The first-order chi connectivity index (χ1) is 10.4. The highest BCUT2D eigenvalue weighted by atomic mass is 35.5. The zero-order valence-electron chi connectivity index (χ0n) is 13.1. The Morgan fingerprint density at radius 1 is 1.45 bits per heavy atom. The van der Waals surface area contributed by atoms with Crippen LogP contribution >= 0.6 is 11.6 Å². The van der Waals surface area contributed by atoms with Gasteiger partial charge in [0.25, 0.3) is 0 Å². The van der Waals surface area contributed by atoms with Gasteiger partial charge in [0.05, 0.1) is 10.9 Å². The van der Waals surface area contributed by atoms with Crippen molar-refractivity contribution in [1.29, 1.82) is 0 Å². The lowest BCUT2D eigenvalue weighted by molar-refractivity contribution is 0.167. The first-order valence-electron chi connectivity index (χ1n) is 7.69. The summed E-state index contributed by atoms with van der Waals surface area (Å²) in [6, 6.07) is 5.64. The van der Waals surface area contributed by atoms with Gasteiger partial charge in [0.15, 0.2) is 0 Å². The van der Waals surface area contributed by atoms with Crippen LogP contribution in [0.1, 0.15) is 32.4 Å². The van der Waals surface area contributed by atoms with Crippen molar-refractivity contribution in [2.45, 2.75) is 38.5 Å². The molecule has 1 aromatic heterocycles. The summed E-state index contributed by atoms with van der Waals surface area (Å²) in [5, 5.41) is 0.124. The van der Waals surface area contributed by atoms with Gasteiger partial charge in [-0.2, -0.15) is 0 Å². The van der Waals surface area contributed by atoms with Gasteiger partial charge in [0, 0.05) is 19.6 Å². The lowest BCUT2D eigenvalue weighted by atomic mass is 9.98. The van der Waals surface area contributed by atoms with Crippen molar-refractivity contribution in [2.24, 2.45) is 5.92 Å². The fraction of sp³-hybridized carbons (Fsp3) is 0.667. The molecule has 1 aliphatic heterocycles. The van der Waals surface area contributed by atoms with E-state index in [9.17, 15) is 8.42 Å². The van der Waals surface area contributed by atoms with Crippen molar-refractivity contribution in [3.05, 3.63) is 29.0 Å². The first-order valence-corrected chi connectivity index (χ1v) is 9.61. The van der Waals surface area contributed by atoms with Gasteiger partial charge in [-0.15, -0.1) is 0 Å². The van der Waals surface area contributed by atoms with E-state index in [1.165, 1.54) is 0 Å². The molecule has 124 valence electrons. The summed E-state index contributed by atoms with van der Waals surface area (Å²) in [6.45, 7) is 6.56. The van der Waals surface area contributed by atoms with Crippen molar-refractivity contribution in [2.75, 3.05) is 19.6 Å². The molecule has 1 aliphatic rings. The van der Waals surface area contributed by atoms with Crippen molar-refractivity contribution in [3.8, 4) is 0 Å². The molecule has 5 nitrogen and oxygen atoms in total. The Morgan fingerprint density at radius 3 is 2.91 bits per heavy atom. The molecule has 0 amide bonds. The highest BCUT2D eigenvalue weighted by Crippen LogP contribution is 2.18. The Bertz CT molecular complexity index is 592. The van der Waals surface area contributed by atoms with Crippen LogP contribution in [0.3, 0.4) is 0 Å². The Labute approximate surface area is 138 Å². The molecule has 1 aromatic rings. The Kier molecular flexibility index (Phi) is 6.20. The van der Waals surface area contributed by atoms with E-state index in [0.717, 1.165) is 38.2 Å². The van der Waals surface area contributed by atoms with E-state index in [4.69, 9.17) is 11.6 Å². The normalized spacial score (nSPS) is 20.5. The zero-order valence-corrected chi connectivity index (χ0v) is 14.7. The fourth-order valence-electron chi connectivity index (χ4n) is 2.63. The van der Waals surface area contributed by atoms with Gasteiger partial charge in [0.1, 0.15) is 5.15 Å². The second kappa shape index (κ2) is 7.73. The van der Waals surface area contributed by atoms with Crippen molar-refractivity contribution in [3.63, 3.8) is 0 Å². The number of hydrogen-bond acceptors (Lipinski definition) is 4. The van der Waals surface area contributed by atoms with Crippen LogP contribution in [-0.2, 0) is 16.6 Å². The van der Waals surface area contributed by atoms with E-state index < -0.39 is 10.0 Å². The molecule has 2 heterocycles. The molecule has 0 spiro atoms. The fourth-order valence-corrected chi connectivity index (χ4v) is 3.61. The van der Waals surface area contributed by atoms with Crippen molar-refractivity contribution < 1.29 is 8.42 Å². The highest BCUT2D eigenvalue weighted by Gasteiger charge is 2.23. The molecular weight excluding hydrogens is 322 g/mol. The van der Waals surface area contributed by atoms with E-state index in [2.05, 4.69) is 14.6 Å². The smallest absolute Gasteiger partial charge is 0.213 e. The summed E-state index contributed by atoms with van der Waals surface area (Å²) in [6.07, 6.45) is 2.13. The van der Waals surface area contributed by atoms with Gasteiger partial charge in [-0.3, -0.25) is 4.90 Å². The number of sulfonamides is 1. The minimum absolute atomic E-state index is 0.349. The van der Waals surface area contributed by atoms with E-state index in [1.54, 1.807) is 19.9 Å². The molecule has 1 atom stereocenters. The van der Waals surface area contributed by atoms with Crippen molar-refractivity contribution >= 4 is 21.6 Å². The monoisotopic (exact) mass is 345 g/mol. The van der Waals surface area contributed by atoms with Crippen molar-refractivity contribution in [1.82, 2.24) is 14.6 Å². The number of halogens is 1. The average molecular weight is 346 g/mol. The number of nitrogens with one attached hydrogen (secondary N) is 1. The minimum atomic E-state index is -3.18. The molecule has 0 radical (unpaired) electrons. The van der Waals surface area contributed by atoms with Crippen LogP contribution in [0.2, 0.25) is 5.15 Å². The van der Waals surface area contributed by atoms with E-state index in [1.807, 2.05) is 12.1 Å². The minimum Gasteiger partial charge on any atom is -0.297 e. The van der Waals surface area contributed by atoms with Crippen LogP contribution < -0.4 is 4.72 Å². The highest BCUT2D eigenvalue weighted by molar-refractivity contribution is 7.90. The number of piperidine rings is 1. The Hall–Kier alpha value is -0.690. The number of nitrogens with zero attached hydrogens (tertiary/aromatic N) is 2. The van der Waals surface area contributed by atoms with E-state index in [-0.39, 0.29) is 5.25 Å². The number of rotatable bonds is 6. The third kappa shape index (κ3) is 5.19. The van der Waals surface area contributed by atoms with Crippen LogP contribution in [0, 0.1) is 5.92 Å². The van der Waals surface area contributed by atoms with E-state index >= 15 is 0 Å². The topological polar surface area (TPSA) is 62.3 Å². The van der Waals surface area contributed by atoms with Crippen LogP contribution in [0.25, 0.3) is 0 Å². The summed E-state index contributed by atoms with van der Waals surface area (Å²) in [5.74, 6) is 0.349. The largest absolute Gasteiger partial charge is 0.297 e.